The first-order chi connectivity index (χ1) is 14.4. The summed E-state index contributed by atoms with van der Waals surface area (Å²) in [6.45, 7) is 0. The van der Waals surface area contributed by atoms with Gasteiger partial charge in [-0.3, -0.25) is 0 Å². The molecule has 0 heterocycles. The van der Waals surface area contributed by atoms with Crippen molar-refractivity contribution >= 4 is 32.7 Å². The van der Waals surface area contributed by atoms with Gasteiger partial charge >= 0.3 is 0 Å². The van der Waals surface area contributed by atoms with Crippen LogP contribution < -0.4 is 0 Å². The Balaban J connectivity index is 1.88. The fourth-order valence-corrected chi connectivity index (χ4v) is 5.42. The van der Waals surface area contributed by atoms with Gasteiger partial charge in [0.15, 0.2) is 0 Å². The van der Waals surface area contributed by atoms with Gasteiger partial charge in [0.2, 0.25) is 20.0 Å². The molecule has 3 aromatic carbocycles. The summed E-state index contributed by atoms with van der Waals surface area (Å²) in [5, 5.41) is 0. The van der Waals surface area contributed by atoms with Gasteiger partial charge in [-0.25, -0.2) is 25.4 Å². The van der Waals surface area contributed by atoms with E-state index in [0.29, 0.717) is 4.90 Å². The number of thiol groups is 1. The summed E-state index contributed by atoms with van der Waals surface area (Å²) in [6.07, 6.45) is 0. The Morgan fingerprint density at radius 1 is 0.581 bits per heavy atom. The van der Waals surface area contributed by atoms with Crippen LogP contribution in [0.4, 0.5) is 0 Å². The molecule has 6 nitrogen and oxygen atoms in total. The second-order valence-corrected chi connectivity index (χ2v) is 12.1. The number of benzene rings is 3. The molecule has 0 amide bonds. The summed E-state index contributed by atoms with van der Waals surface area (Å²) in [4.78, 5) is 0.786. The van der Waals surface area contributed by atoms with Gasteiger partial charge in [0, 0.05) is 33.1 Å². The summed E-state index contributed by atoms with van der Waals surface area (Å²) >= 11 is 4.37. The van der Waals surface area contributed by atoms with Gasteiger partial charge in [-0.1, -0.05) is 42.5 Å². The van der Waals surface area contributed by atoms with E-state index in [1.165, 1.54) is 32.5 Å². The predicted molar refractivity (Wildman–Crippen MR) is 126 cm³/mol. The maximum absolute atomic E-state index is 12.4. The first kappa shape index (κ1) is 23.5. The summed E-state index contributed by atoms with van der Waals surface area (Å²) in [5.41, 5.74) is 3.60. The van der Waals surface area contributed by atoms with Gasteiger partial charge in [0.25, 0.3) is 0 Å². The lowest BCUT2D eigenvalue weighted by Crippen LogP contribution is -2.22. The van der Waals surface area contributed by atoms with Crippen LogP contribution in [-0.2, 0) is 20.0 Å². The van der Waals surface area contributed by atoms with Crippen molar-refractivity contribution in [3.63, 3.8) is 0 Å². The van der Waals surface area contributed by atoms with Crippen molar-refractivity contribution in [2.24, 2.45) is 0 Å². The van der Waals surface area contributed by atoms with E-state index in [9.17, 15) is 16.8 Å². The Kier molecular flexibility index (Phi) is 6.64. The largest absolute Gasteiger partial charge is 0.243 e. The summed E-state index contributed by atoms with van der Waals surface area (Å²) < 4.78 is 51.5. The van der Waals surface area contributed by atoms with Crippen LogP contribution in [0.3, 0.4) is 0 Å². The number of sulfonamides is 2. The SMILES string of the molecule is CN(C)S(=O)(=O)c1ccc(-c2ccc(-c3ccc(S(=O)(=O)N(C)C)c(S)c3)cc2)cc1. The Hall–Kier alpha value is -2.17. The van der Waals surface area contributed by atoms with Gasteiger partial charge in [-0.15, -0.1) is 12.6 Å². The molecule has 0 spiro atoms. The van der Waals surface area contributed by atoms with Crippen LogP contribution in [0.2, 0.25) is 0 Å². The zero-order valence-corrected chi connectivity index (χ0v) is 20.2. The molecule has 9 heteroatoms. The molecular weight excluding hydrogens is 452 g/mol. The molecule has 0 fully saturated rings. The highest BCUT2D eigenvalue weighted by molar-refractivity contribution is 7.90. The molecular formula is C22H24N2O4S3. The minimum atomic E-state index is -3.56. The second-order valence-electron chi connectivity index (χ2n) is 7.36. The minimum Gasteiger partial charge on any atom is -0.207 e. The van der Waals surface area contributed by atoms with Crippen LogP contribution in [0.25, 0.3) is 22.3 Å². The average Bonchev–Trinajstić information content (AvgIpc) is 2.73. The molecule has 0 aliphatic rings. The molecule has 0 aliphatic carbocycles. The van der Waals surface area contributed by atoms with Crippen LogP contribution in [0.1, 0.15) is 0 Å². The van der Waals surface area contributed by atoms with Crippen LogP contribution in [0.5, 0.6) is 0 Å². The zero-order valence-electron chi connectivity index (χ0n) is 17.6. The normalized spacial score (nSPS) is 12.5. The van der Waals surface area contributed by atoms with E-state index in [4.69, 9.17) is 0 Å². The Morgan fingerprint density at radius 2 is 0.968 bits per heavy atom. The molecule has 0 unspecified atom stereocenters. The summed E-state index contributed by atoms with van der Waals surface area (Å²) in [6, 6.07) is 19.5. The minimum absolute atomic E-state index is 0.161. The Bertz CT molecular complexity index is 1300. The fourth-order valence-electron chi connectivity index (χ4n) is 3.00. The standard InChI is InChI=1S/C22H24N2O4S3/c1-23(2)30(25,26)20-12-9-17(10-13-20)16-5-7-18(8-6-16)19-11-14-22(21(29)15-19)31(27,28)24(3)4/h5-15,29H,1-4H3. The average molecular weight is 477 g/mol. The van der Waals surface area contributed by atoms with Crippen molar-refractivity contribution in [2.45, 2.75) is 14.7 Å². The highest BCUT2D eigenvalue weighted by Crippen LogP contribution is 2.30. The number of nitrogens with zero attached hydrogens (tertiary/aromatic N) is 2. The molecule has 0 saturated heterocycles. The van der Waals surface area contributed by atoms with Gasteiger partial charge in [-0.05, 0) is 46.5 Å². The van der Waals surface area contributed by atoms with Gasteiger partial charge in [0.05, 0.1) is 9.79 Å². The van der Waals surface area contributed by atoms with E-state index in [1.807, 2.05) is 24.3 Å². The maximum Gasteiger partial charge on any atom is 0.243 e. The highest BCUT2D eigenvalue weighted by atomic mass is 32.2. The molecule has 164 valence electrons. The number of hydrogen-bond donors (Lipinski definition) is 1. The van der Waals surface area contributed by atoms with Crippen LogP contribution >= 0.6 is 12.6 Å². The Morgan fingerprint density at radius 3 is 1.39 bits per heavy atom. The smallest absolute Gasteiger partial charge is 0.207 e. The van der Waals surface area contributed by atoms with Crippen LogP contribution in [0, 0.1) is 0 Å². The van der Waals surface area contributed by atoms with E-state index in [0.717, 1.165) is 26.6 Å². The molecule has 0 radical (unpaired) electrons. The third kappa shape index (κ3) is 4.70. The topological polar surface area (TPSA) is 74.8 Å². The Labute approximate surface area is 189 Å². The van der Waals surface area contributed by atoms with E-state index >= 15 is 0 Å². The first-order valence-corrected chi connectivity index (χ1v) is 12.7. The second kappa shape index (κ2) is 8.76. The third-order valence-corrected chi connectivity index (χ3v) is 9.13. The predicted octanol–water partition coefficient (Wildman–Crippen LogP) is 3.81. The highest BCUT2D eigenvalue weighted by Gasteiger charge is 2.20. The van der Waals surface area contributed by atoms with Crippen LogP contribution in [0.15, 0.2) is 81.4 Å². The van der Waals surface area contributed by atoms with E-state index in [1.54, 1.807) is 42.5 Å². The zero-order chi connectivity index (χ0) is 23.0. The quantitative estimate of drug-likeness (QED) is 0.549. The van der Waals surface area contributed by atoms with E-state index in [-0.39, 0.29) is 9.79 Å². The van der Waals surface area contributed by atoms with E-state index < -0.39 is 20.0 Å². The van der Waals surface area contributed by atoms with Crippen molar-refractivity contribution in [3.8, 4) is 22.3 Å². The lowest BCUT2D eigenvalue weighted by atomic mass is 10.0. The summed E-state index contributed by atoms with van der Waals surface area (Å²) in [5.74, 6) is 0. The first-order valence-electron chi connectivity index (χ1n) is 9.33. The molecule has 3 rings (SSSR count). The molecule has 0 saturated carbocycles. The monoisotopic (exact) mass is 476 g/mol. The van der Waals surface area contributed by atoms with E-state index in [2.05, 4.69) is 12.6 Å². The lowest BCUT2D eigenvalue weighted by Gasteiger charge is -2.14. The van der Waals surface area contributed by atoms with Crippen LogP contribution in [-0.4, -0.2) is 53.6 Å². The molecule has 0 aliphatic heterocycles. The molecule has 0 atom stereocenters. The van der Waals surface area contributed by atoms with Crippen molar-refractivity contribution in [3.05, 3.63) is 66.7 Å². The molecule has 3 aromatic rings. The van der Waals surface area contributed by atoms with Gasteiger partial charge in [-0.2, -0.15) is 0 Å². The third-order valence-electron chi connectivity index (χ3n) is 4.90. The molecule has 31 heavy (non-hydrogen) atoms. The molecule has 0 aromatic heterocycles. The van der Waals surface area contributed by atoms with Crippen molar-refractivity contribution in [2.75, 3.05) is 28.2 Å². The maximum atomic E-state index is 12.4. The van der Waals surface area contributed by atoms with Crippen molar-refractivity contribution < 1.29 is 16.8 Å². The van der Waals surface area contributed by atoms with Crippen molar-refractivity contribution in [1.29, 1.82) is 0 Å². The van der Waals surface area contributed by atoms with Gasteiger partial charge in [0.1, 0.15) is 0 Å². The number of rotatable bonds is 6. The molecule has 0 N–H and O–H groups in total. The lowest BCUT2D eigenvalue weighted by molar-refractivity contribution is 0.518. The van der Waals surface area contributed by atoms with Crippen molar-refractivity contribution in [1.82, 2.24) is 8.61 Å². The fraction of sp³-hybridized carbons (Fsp3) is 0.182. The summed E-state index contributed by atoms with van der Waals surface area (Å²) in [7, 11) is -1.05. The van der Waals surface area contributed by atoms with Gasteiger partial charge < -0.3 is 0 Å². The number of hydrogen-bond acceptors (Lipinski definition) is 5. The molecule has 0 bridgehead atoms.